The van der Waals surface area contributed by atoms with E-state index in [0.29, 0.717) is 22.2 Å². The zero-order chi connectivity index (χ0) is 19.3. The summed E-state index contributed by atoms with van der Waals surface area (Å²) in [7, 11) is 0. The Bertz CT molecular complexity index is 1020. The number of benzene rings is 2. The number of hydrogen-bond acceptors (Lipinski definition) is 8. The van der Waals surface area contributed by atoms with Crippen LogP contribution in [0.4, 0.5) is 0 Å². The number of fused-ring (bicyclic) bond motifs is 2. The first-order valence-corrected chi connectivity index (χ1v) is 8.38. The van der Waals surface area contributed by atoms with Crippen molar-refractivity contribution in [3.63, 3.8) is 0 Å². The molecular weight excluding hydrogens is 364 g/mol. The first-order valence-electron chi connectivity index (χ1n) is 8.38. The second-order valence-electron chi connectivity index (χ2n) is 5.70. The van der Waals surface area contributed by atoms with Gasteiger partial charge in [0, 0.05) is 12.2 Å². The van der Waals surface area contributed by atoms with E-state index in [9.17, 15) is 9.59 Å². The number of para-hydroxylation sites is 4. The van der Waals surface area contributed by atoms with Crippen molar-refractivity contribution >= 4 is 34.1 Å². The zero-order valence-electron chi connectivity index (χ0n) is 14.5. The lowest BCUT2D eigenvalue weighted by atomic mass is 10.3. The van der Waals surface area contributed by atoms with Crippen LogP contribution < -0.4 is 0 Å². The molecule has 2 aromatic carbocycles. The molecule has 4 aromatic rings. The third-order valence-corrected chi connectivity index (χ3v) is 3.71. The molecule has 0 aliphatic carbocycles. The highest BCUT2D eigenvalue weighted by Gasteiger charge is 2.09. The van der Waals surface area contributed by atoms with Crippen molar-refractivity contribution in [2.24, 2.45) is 0 Å². The van der Waals surface area contributed by atoms with E-state index in [1.165, 1.54) is 0 Å². The van der Waals surface area contributed by atoms with Gasteiger partial charge in [-0.05, 0) is 24.3 Å². The molecule has 4 rings (SSSR count). The number of hydrogen-bond donors (Lipinski definition) is 0. The minimum absolute atomic E-state index is 0.143. The van der Waals surface area contributed by atoms with E-state index in [0.717, 1.165) is 12.2 Å². The third kappa shape index (κ3) is 4.07. The van der Waals surface area contributed by atoms with Crippen molar-refractivity contribution in [3.05, 3.63) is 72.5 Å². The van der Waals surface area contributed by atoms with Gasteiger partial charge in [-0.3, -0.25) is 0 Å². The maximum Gasteiger partial charge on any atom is 0.331 e. The average Bonchev–Trinajstić information content (AvgIpc) is 3.32. The largest absolute Gasteiger partial charge is 0.453 e. The van der Waals surface area contributed by atoms with Gasteiger partial charge in [0.15, 0.2) is 24.4 Å². The molecule has 2 aromatic heterocycles. The number of rotatable bonds is 6. The average molecular weight is 378 g/mol. The van der Waals surface area contributed by atoms with Gasteiger partial charge in [0.25, 0.3) is 0 Å². The maximum atomic E-state index is 11.7. The minimum atomic E-state index is -0.721. The summed E-state index contributed by atoms with van der Waals surface area (Å²) in [6.45, 7) is -0.286. The van der Waals surface area contributed by atoms with Crippen LogP contribution >= 0.6 is 0 Å². The molecule has 0 atom stereocenters. The van der Waals surface area contributed by atoms with E-state index in [1.807, 2.05) is 24.3 Å². The molecule has 0 spiro atoms. The van der Waals surface area contributed by atoms with Crippen LogP contribution in [0.15, 0.2) is 69.5 Å². The SMILES string of the molecule is O=C(C=CC(=O)OCc1nc2ccccc2o1)OCc1nc2ccccc2o1. The lowest BCUT2D eigenvalue weighted by molar-refractivity contribution is -0.142. The normalized spacial score (nSPS) is 11.3. The number of aromatic nitrogens is 2. The molecule has 2 heterocycles. The Morgan fingerprint density at radius 2 is 1.18 bits per heavy atom. The Hall–Kier alpha value is -3.94. The number of nitrogens with zero attached hydrogens (tertiary/aromatic N) is 2. The Morgan fingerprint density at radius 1 is 0.750 bits per heavy atom. The summed E-state index contributed by atoms with van der Waals surface area (Å²) in [5.41, 5.74) is 2.55. The summed E-state index contributed by atoms with van der Waals surface area (Å²) in [6, 6.07) is 14.4. The quantitative estimate of drug-likeness (QED) is 0.372. The van der Waals surface area contributed by atoms with Crippen molar-refractivity contribution in [1.82, 2.24) is 9.97 Å². The highest BCUT2D eigenvalue weighted by atomic mass is 16.5. The van der Waals surface area contributed by atoms with Crippen LogP contribution in [0.5, 0.6) is 0 Å². The zero-order valence-corrected chi connectivity index (χ0v) is 14.5. The Balaban J connectivity index is 1.25. The molecule has 140 valence electrons. The van der Waals surface area contributed by atoms with E-state index in [2.05, 4.69) is 9.97 Å². The van der Waals surface area contributed by atoms with Crippen LogP contribution in [0.3, 0.4) is 0 Å². The van der Waals surface area contributed by atoms with E-state index < -0.39 is 11.9 Å². The predicted molar refractivity (Wildman–Crippen MR) is 96.8 cm³/mol. The lowest BCUT2D eigenvalue weighted by Gasteiger charge is -1.98. The molecule has 0 aliphatic rings. The van der Waals surface area contributed by atoms with Gasteiger partial charge in [-0.15, -0.1) is 0 Å². The lowest BCUT2D eigenvalue weighted by Crippen LogP contribution is -2.05. The number of oxazole rings is 2. The van der Waals surface area contributed by atoms with Crippen LogP contribution in [0.25, 0.3) is 22.2 Å². The van der Waals surface area contributed by atoms with E-state index >= 15 is 0 Å². The predicted octanol–water partition coefficient (Wildman–Crippen LogP) is 3.31. The van der Waals surface area contributed by atoms with Gasteiger partial charge in [0.2, 0.25) is 11.8 Å². The molecule has 0 unspecified atom stereocenters. The van der Waals surface area contributed by atoms with Gasteiger partial charge in [-0.2, -0.15) is 0 Å². The maximum absolute atomic E-state index is 11.7. The van der Waals surface area contributed by atoms with Crippen molar-refractivity contribution in [3.8, 4) is 0 Å². The fourth-order valence-electron chi connectivity index (χ4n) is 2.46. The summed E-state index contributed by atoms with van der Waals surface area (Å²) in [4.78, 5) is 31.8. The Labute approximate surface area is 158 Å². The Kier molecular flexibility index (Phi) is 4.83. The number of ether oxygens (including phenoxy) is 2. The monoisotopic (exact) mass is 378 g/mol. The molecule has 8 nitrogen and oxygen atoms in total. The van der Waals surface area contributed by atoms with Crippen molar-refractivity contribution in [2.45, 2.75) is 13.2 Å². The molecule has 28 heavy (non-hydrogen) atoms. The van der Waals surface area contributed by atoms with Gasteiger partial charge >= 0.3 is 11.9 Å². The molecule has 8 heteroatoms. The second kappa shape index (κ2) is 7.75. The molecule has 0 fully saturated rings. The molecule has 0 N–H and O–H groups in total. The van der Waals surface area contributed by atoms with Crippen molar-refractivity contribution < 1.29 is 27.9 Å². The first-order chi connectivity index (χ1) is 13.7. The van der Waals surface area contributed by atoms with Gasteiger partial charge in [0.05, 0.1) is 0 Å². The smallest absolute Gasteiger partial charge is 0.331 e. The first kappa shape index (κ1) is 17.5. The fourth-order valence-corrected chi connectivity index (χ4v) is 2.46. The minimum Gasteiger partial charge on any atom is -0.453 e. The van der Waals surface area contributed by atoms with Crippen LogP contribution in [-0.2, 0) is 32.3 Å². The molecule has 0 radical (unpaired) electrons. The highest BCUT2D eigenvalue weighted by molar-refractivity contribution is 5.91. The highest BCUT2D eigenvalue weighted by Crippen LogP contribution is 2.16. The summed E-state index contributed by atoms with van der Waals surface area (Å²) < 4.78 is 20.9. The van der Waals surface area contributed by atoms with Crippen LogP contribution in [0.1, 0.15) is 11.8 Å². The molecule has 0 saturated carbocycles. The molecule has 0 aliphatic heterocycles. The summed E-state index contributed by atoms with van der Waals surface area (Å²) in [5, 5.41) is 0. The fraction of sp³-hybridized carbons (Fsp3) is 0.100. The standard InChI is InChI=1S/C20H14N2O6/c23-19(25-11-17-21-13-5-1-3-7-15(13)27-17)9-10-20(24)26-12-18-22-14-6-2-4-8-16(14)28-18/h1-10H,11-12H2. The molecule has 0 saturated heterocycles. The van der Waals surface area contributed by atoms with E-state index in [4.69, 9.17) is 18.3 Å². The summed E-state index contributed by atoms with van der Waals surface area (Å²) in [6.07, 6.45) is 1.94. The van der Waals surface area contributed by atoms with Gasteiger partial charge in [-0.25, -0.2) is 19.6 Å². The van der Waals surface area contributed by atoms with E-state index in [-0.39, 0.29) is 25.0 Å². The number of carbonyl (C=O) groups excluding carboxylic acids is 2. The topological polar surface area (TPSA) is 105 Å². The molecule has 0 amide bonds. The molecular formula is C20H14N2O6. The number of esters is 2. The van der Waals surface area contributed by atoms with E-state index in [1.54, 1.807) is 24.3 Å². The Morgan fingerprint density at radius 3 is 1.61 bits per heavy atom. The van der Waals surface area contributed by atoms with Crippen molar-refractivity contribution in [2.75, 3.05) is 0 Å². The number of carbonyl (C=O) groups is 2. The second-order valence-corrected chi connectivity index (χ2v) is 5.70. The van der Waals surface area contributed by atoms with Gasteiger partial charge < -0.3 is 18.3 Å². The van der Waals surface area contributed by atoms with Crippen LogP contribution in [-0.4, -0.2) is 21.9 Å². The third-order valence-electron chi connectivity index (χ3n) is 3.71. The molecule has 0 bridgehead atoms. The summed E-state index contributed by atoms with van der Waals surface area (Å²) >= 11 is 0. The van der Waals surface area contributed by atoms with Gasteiger partial charge in [-0.1, -0.05) is 24.3 Å². The summed E-state index contributed by atoms with van der Waals surface area (Å²) in [5.74, 6) is -0.912. The van der Waals surface area contributed by atoms with Crippen LogP contribution in [0, 0.1) is 0 Å². The van der Waals surface area contributed by atoms with Gasteiger partial charge in [0.1, 0.15) is 11.0 Å². The van der Waals surface area contributed by atoms with Crippen LogP contribution in [0.2, 0.25) is 0 Å². The van der Waals surface area contributed by atoms with Crippen molar-refractivity contribution in [1.29, 1.82) is 0 Å².